The number of halogens is 1. The van der Waals surface area contributed by atoms with E-state index in [1.807, 2.05) is 38.2 Å². The van der Waals surface area contributed by atoms with Gasteiger partial charge in [0.05, 0.1) is 31.4 Å². The molecule has 2 aliphatic heterocycles. The smallest absolute Gasteiger partial charge is 0.410 e. The molecular formula is C34H50BFN6O6. The van der Waals surface area contributed by atoms with Gasteiger partial charge in [-0.25, -0.2) is 14.0 Å². The topological polar surface area (TPSA) is 138 Å². The van der Waals surface area contributed by atoms with Crippen LogP contribution in [0.15, 0.2) is 30.6 Å². The number of unbranched alkanes of at least 4 members (excludes halogenated alkanes) is 1. The number of hydrogen-bond donors (Lipinski definition) is 1. The quantitative estimate of drug-likeness (QED) is 0.187. The highest BCUT2D eigenvalue weighted by molar-refractivity contribution is 6.17. The molecule has 1 amide bonds. The van der Waals surface area contributed by atoms with Crippen molar-refractivity contribution in [2.45, 2.75) is 122 Å². The Labute approximate surface area is 284 Å². The summed E-state index contributed by atoms with van der Waals surface area (Å²) in [6.45, 7) is 13.1. The van der Waals surface area contributed by atoms with Gasteiger partial charge >= 0.3 is 12.1 Å². The van der Waals surface area contributed by atoms with E-state index >= 15 is 4.39 Å². The van der Waals surface area contributed by atoms with Gasteiger partial charge in [0.25, 0.3) is 5.67 Å². The Kier molecular flexibility index (Phi) is 11.7. The molecule has 9 atom stereocenters. The van der Waals surface area contributed by atoms with E-state index in [4.69, 9.17) is 22.1 Å². The van der Waals surface area contributed by atoms with Crippen molar-refractivity contribution >= 4 is 25.7 Å². The van der Waals surface area contributed by atoms with Gasteiger partial charge in [-0.1, -0.05) is 32.1 Å². The minimum absolute atomic E-state index is 0.0175. The molecule has 2 aliphatic rings. The Morgan fingerprint density at radius 3 is 2.46 bits per heavy atom. The Morgan fingerprint density at radius 2 is 1.81 bits per heavy atom. The van der Waals surface area contributed by atoms with Crippen LogP contribution in [-0.4, -0.2) is 106 Å². The number of nitrogens with zero attached hydrogens (tertiary/aromatic N) is 5. The molecule has 0 bridgehead atoms. The average molecular weight is 669 g/mol. The van der Waals surface area contributed by atoms with Crippen LogP contribution >= 0.6 is 0 Å². The van der Waals surface area contributed by atoms with E-state index in [2.05, 4.69) is 20.6 Å². The first-order valence-electron chi connectivity index (χ1n) is 16.9. The number of carbonyl (C=O) groups is 3. The van der Waals surface area contributed by atoms with Crippen molar-refractivity contribution < 1.29 is 33.0 Å². The summed E-state index contributed by atoms with van der Waals surface area (Å²) in [7, 11) is 8.05. The lowest BCUT2D eigenvalue weighted by atomic mass is 9.62. The van der Waals surface area contributed by atoms with Crippen molar-refractivity contribution in [2.75, 3.05) is 20.2 Å². The zero-order valence-corrected chi connectivity index (χ0v) is 29.4. The summed E-state index contributed by atoms with van der Waals surface area (Å²) in [6, 6.07) is 4.69. The maximum Gasteiger partial charge on any atom is 0.410 e. The van der Waals surface area contributed by atoms with Crippen molar-refractivity contribution in [1.82, 2.24) is 30.2 Å². The van der Waals surface area contributed by atoms with Gasteiger partial charge in [-0.15, -0.1) is 5.10 Å². The van der Waals surface area contributed by atoms with E-state index in [0.29, 0.717) is 44.6 Å². The maximum absolute atomic E-state index is 16.2. The van der Waals surface area contributed by atoms with E-state index < -0.39 is 58.6 Å². The van der Waals surface area contributed by atoms with Crippen LogP contribution in [-0.2, 0) is 30.3 Å². The van der Waals surface area contributed by atoms with Crippen molar-refractivity contribution in [3.63, 3.8) is 0 Å². The highest BCUT2D eigenvalue weighted by atomic mass is 19.1. The van der Waals surface area contributed by atoms with Crippen molar-refractivity contribution in [3.05, 3.63) is 30.6 Å². The fraction of sp³-hybridized carbons (Fsp3) is 0.706. The number of esters is 1. The number of aromatic nitrogens is 4. The van der Waals surface area contributed by atoms with Crippen LogP contribution in [0.25, 0.3) is 11.4 Å². The van der Waals surface area contributed by atoms with Gasteiger partial charge in [-0.2, -0.15) is 0 Å². The lowest BCUT2D eigenvalue weighted by molar-refractivity contribution is -0.179. The number of methoxy groups -OCH3 is 1. The molecule has 0 spiro atoms. The number of fused-ring (bicyclic) bond motifs is 1. The van der Waals surface area contributed by atoms with Crippen molar-refractivity contribution in [3.8, 4) is 11.4 Å². The second-order valence-corrected chi connectivity index (χ2v) is 14.0. The number of aryl methyl sites for hydroxylation is 1. The number of alkyl halides is 1. The lowest BCUT2D eigenvalue weighted by Gasteiger charge is -2.41. The molecule has 2 saturated heterocycles. The SMILES string of the molecule is [B][C@@H]1[C@@H](C)C(=O)[C@](C)(F)C(=O)O[C@H](CC)[C@@]2(C)OC(=O)N(CCCCn3cc(-c4ccccn4)nn3)[C@@H]2[C@@H](C)NC[C@H](C)C[C@@]1(C)OC. The number of amides is 1. The second-order valence-electron chi connectivity index (χ2n) is 14.0. The van der Waals surface area contributed by atoms with E-state index in [1.165, 1.54) is 14.0 Å². The highest BCUT2D eigenvalue weighted by Crippen LogP contribution is 2.41. The minimum Gasteiger partial charge on any atom is -0.455 e. The molecule has 0 aromatic carbocycles. The summed E-state index contributed by atoms with van der Waals surface area (Å²) in [5.41, 5.74) is -3.91. The van der Waals surface area contributed by atoms with Crippen LogP contribution in [0.4, 0.5) is 9.18 Å². The molecule has 2 aromatic rings. The number of carbonyl (C=O) groups excluding carboxylic acids is 3. The Balaban J connectivity index is 1.57. The van der Waals surface area contributed by atoms with Crippen LogP contribution in [0.5, 0.6) is 0 Å². The lowest BCUT2D eigenvalue weighted by Crippen LogP contribution is -2.61. The molecule has 2 aromatic heterocycles. The van der Waals surface area contributed by atoms with E-state index in [9.17, 15) is 14.4 Å². The fourth-order valence-corrected chi connectivity index (χ4v) is 7.26. The van der Waals surface area contributed by atoms with E-state index in [0.717, 1.165) is 12.6 Å². The molecule has 262 valence electrons. The number of ether oxygens (including phenoxy) is 3. The molecule has 0 unspecified atom stereocenters. The first-order chi connectivity index (χ1) is 22.6. The summed E-state index contributed by atoms with van der Waals surface area (Å²) >= 11 is 0. The van der Waals surface area contributed by atoms with Crippen molar-refractivity contribution in [1.29, 1.82) is 0 Å². The molecule has 4 heterocycles. The molecule has 12 nitrogen and oxygen atoms in total. The molecule has 14 heteroatoms. The van der Waals surface area contributed by atoms with Gasteiger partial charge in [0.15, 0.2) is 11.4 Å². The standard InChI is InChI=1S/C34H50BFN6O6/c1-9-26-34(7)28(42(31(45)48-34)17-13-12-16-41-20-25(39-40-41)24-14-10-11-15-37-24)23(4)38-19-21(2)18-32(5,46-8)27(35)22(3)29(43)33(6,36)30(44)47-26/h10-11,14-15,20-23,26-28,38H,9,12-13,16-19H2,1-8H3/t21-,22-,23-,26-,27-,28-,32-,33+,34-/m1/s1. The third kappa shape index (κ3) is 7.59. The number of pyridine rings is 1. The first kappa shape index (κ1) is 37.4. The molecule has 4 rings (SSSR count). The van der Waals surface area contributed by atoms with Gasteiger partial charge in [0.1, 0.15) is 11.8 Å². The maximum atomic E-state index is 16.2. The predicted molar refractivity (Wildman–Crippen MR) is 178 cm³/mol. The zero-order valence-electron chi connectivity index (χ0n) is 29.4. The fourth-order valence-electron chi connectivity index (χ4n) is 7.26. The monoisotopic (exact) mass is 668 g/mol. The number of hydrogen-bond acceptors (Lipinski definition) is 10. The van der Waals surface area contributed by atoms with Gasteiger partial charge in [-0.3, -0.25) is 19.4 Å². The number of rotatable bonds is 8. The predicted octanol–water partition coefficient (Wildman–Crippen LogP) is 4.34. The largest absolute Gasteiger partial charge is 0.455 e. The summed E-state index contributed by atoms with van der Waals surface area (Å²) in [5.74, 6) is -4.25. The Hall–Kier alpha value is -3.39. The van der Waals surface area contributed by atoms with Crippen LogP contribution < -0.4 is 5.32 Å². The third-order valence-corrected chi connectivity index (χ3v) is 10.2. The van der Waals surface area contributed by atoms with Crippen LogP contribution in [0.2, 0.25) is 5.82 Å². The molecule has 0 saturated carbocycles. The van der Waals surface area contributed by atoms with E-state index in [1.54, 1.807) is 36.5 Å². The number of Topliss-reactive ketones (excluding diaryl/α,β-unsaturated/α-hetero) is 1. The van der Waals surface area contributed by atoms with Crippen LogP contribution in [0.3, 0.4) is 0 Å². The third-order valence-electron chi connectivity index (χ3n) is 10.2. The molecule has 48 heavy (non-hydrogen) atoms. The summed E-state index contributed by atoms with van der Waals surface area (Å²) in [4.78, 5) is 46.4. The highest BCUT2D eigenvalue weighted by Gasteiger charge is 2.59. The molecule has 2 radical (unpaired) electrons. The number of cyclic esters (lactones) is 1. The number of ketones is 1. The van der Waals surface area contributed by atoms with E-state index in [-0.39, 0.29) is 18.4 Å². The van der Waals surface area contributed by atoms with Gasteiger partial charge < -0.3 is 19.5 Å². The van der Waals surface area contributed by atoms with Gasteiger partial charge in [0.2, 0.25) is 0 Å². The molecule has 0 aliphatic carbocycles. The first-order valence-corrected chi connectivity index (χ1v) is 16.9. The molecule has 2 fully saturated rings. The Morgan fingerprint density at radius 1 is 1.10 bits per heavy atom. The average Bonchev–Trinajstić information content (AvgIpc) is 3.64. The minimum atomic E-state index is -2.99. The zero-order chi connectivity index (χ0) is 35.4. The molecular weight excluding hydrogens is 618 g/mol. The second kappa shape index (κ2) is 15.0. The van der Waals surface area contributed by atoms with Gasteiger partial charge in [-0.05, 0) is 83.8 Å². The number of nitrogens with one attached hydrogen (secondary N) is 1. The Bertz CT molecular complexity index is 1430. The van der Waals surface area contributed by atoms with Crippen LogP contribution in [0.1, 0.15) is 74.1 Å². The summed E-state index contributed by atoms with van der Waals surface area (Å²) in [6.07, 6.45) is 3.94. The van der Waals surface area contributed by atoms with Gasteiger partial charge in [0, 0.05) is 38.4 Å². The summed E-state index contributed by atoms with van der Waals surface area (Å²) in [5, 5.41) is 12.0. The summed E-state index contributed by atoms with van der Waals surface area (Å²) < 4.78 is 35.5. The molecule has 1 N–H and O–H groups in total. The normalized spacial score (nSPS) is 35.4. The van der Waals surface area contributed by atoms with Crippen molar-refractivity contribution in [2.24, 2.45) is 11.8 Å². The van der Waals surface area contributed by atoms with Crippen LogP contribution in [0, 0.1) is 11.8 Å².